The Bertz CT molecular complexity index is 1070. The summed E-state index contributed by atoms with van der Waals surface area (Å²) in [5.74, 6) is 0.572. The molecule has 29 heavy (non-hydrogen) atoms. The van der Waals surface area contributed by atoms with Crippen LogP contribution in [-0.2, 0) is 17.0 Å². The average molecular weight is 428 g/mol. The third-order valence-corrected chi connectivity index (χ3v) is 5.66. The summed E-state index contributed by atoms with van der Waals surface area (Å²) in [7, 11) is 0. The summed E-state index contributed by atoms with van der Waals surface area (Å²) in [6, 6.07) is 15.3. The van der Waals surface area contributed by atoms with E-state index < -0.39 is 0 Å². The van der Waals surface area contributed by atoms with Gasteiger partial charge >= 0.3 is 0 Å². The molecule has 3 rings (SSSR count). The fourth-order valence-electron chi connectivity index (χ4n) is 2.89. The van der Waals surface area contributed by atoms with Crippen molar-refractivity contribution < 1.29 is 4.79 Å². The fourth-order valence-corrected chi connectivity index (χ4v) is 3.98. The van der Waals surface area contributed by atoms with Gasteiger partial charge in [0.05, 0.1) is 0 Å². The second kappa shape index (κ2) is 9.76. The first-order valence-corrected chi connectivity index (χ1v) is 10.6. The molecule has 0 radical (unpaired) electrons. The molecule has 1 aromatic heterocycles. The number of amides is 1. The standard InChI is InChI=1S/C22H22ClN3O2S/c1-14-12-17(23)8-10-19(14)25-20(27)11-9-18-15(2)24-22(26-21(18)28)29-13-16-6-4-3-5-7-16/h3-8,10,12H,9,11,13H2,1-2H3,(H,25,27)(H,24,26,28). The molecular formula is C22H22ClN3O2S. The van der Waals surface area contributed by atoms with Crippen molar-refractivity contribution >= 4 is 35.0 Å². The largest absolute Gasteiger partial charge is 0.326 e. The zero-order chi connectivity index (χ0) is 20.8. The summed E-state index contributed by atoms with van der Waals surface area (Å²) in [5, 5.41) is 4.07. The van der Waals surface area contributed by atoms with Crippen molar-refractivity contribution in [1.29, 1.82) is 0 Å². The van der Waals surface area contributed by atoms with Gasteiger partial charge in [0.15, 0.2) is 5.16 Å². The highest BCUT2D eigenvalue weighted by atomic mass is 35.5. The van der Waals surface area contributed by atoms with Crippen LogP contribution >= 0.6 is 23.4 Å². The van der Waals surface area contributed by atoms with Gasteiger partial charge in [0.25, 0.3) is 5.56 Å². The Morgan fingerprint density at radius 2 is 1.93 bits per heavy atom. The second-order valence-electron chi connectivity index (χ2n) is 6.72. The highest BCUT2D eigenvalue weighted by Crippen LogP contribution is 2.21. The number of halogens is 1. The number of anilines is 1. The van der Waals surface area contributed by atoms with Gasteiger partial charge in [-0.3, -0.25) is 9.59 Å². The van der Waals surface area contributed by atoms with Crippen LogP contribution in [0.4, 0.5) is 5.69 Å². The van der Waals surface area contributed by atoms with Crippen molar-refractivity contribution in [2.75, 3.05) is 5.32 Å². The molecule has 0 aliphatic heterocycles. The Kier molecular flexibility index (Phi) is 7.12. The van der Waals surface area contributed by atoms with E-state index >= 15 is 0 Å². The van der Waals surface area contributed by atoms with E-state index in [-0.39, 0.29) is 17.9 Å². The molecule has 0 fully saturated rings. The van der Waals surface area contributed by atoms with Gasteiger partial charge in [-0.05, 0) is 49.6 Å². The molecule has 0 saturated carbocycles. The number of nitrogens with zero attached hydrogens (tertiary/aromatic N) is 1. The number of hydrogen-bond acceptors (Lipinski definition) is 4. The zero-order valence-electron chi connectivity index (χ0n) is 16.3. The summed E-state index contributed by atoms with van der Waals surface area (Å²) in [6.45, 7) is 3.69. The van der Waals surface area contributed by atoms with Gasteiger partial charge in [-0.25, -0.2) is 4.98 Å². The van der Waals surface area contributed by atoms with E-state index in [1.54, 1.807) is 25.1 Å². The molecule has 1 heterocycles. The molecule has 0 saturated heterocycles. The number of carbonyl (C=O) groups is 1. The lowest BCUT2D eigenvalue weighted by Gasteiger charge is -2.10. The van der Waals surface area contributed by atoms with Crippen LogP contribution in [0.3, 0.4) is 0 Å². The number of aromatic amines is 1. The smallest absolute Gasteiger partial charge is 0.254 e. The van der Waals surface area contributed by atoms with Crippen LogP contribution in [0.25, 0.3) is 0 Å². The Balaban J connectivity index is 1.60. The first kappa shape index (κ1) is 21.1. The van der Waals surface area contributed by atoms with Crippen LogP contribution in [0.1, 0.15) is 28.8 Å². The van der Waals surface area contributed by atoms with Crippen molar-refractivity contribution in [3.63, 3.8) is 0 Å². The van der Waals surface area contributed by atoms with Crippen LogP contribution in [0.2, 0.25) is 5.02 Å². The maximum atomic E-state index is 12.5. The number of aromatic nitrogens is 2. The van der Waals surface area contributed by atoms with Crippen molar-refractivity contribution in [1.82, 2.24) is 9.97 Å². The maximum absolute atomic E-state index is 12.5. The lowest BCUT2D eigenvalue weighted by atomic mass is 10.1. The number of carbonyl (C=O) groups excluding carboxylic acids is 1. The molecule has 150 valence electrons. The predicted octanol–water partition coefficient (Wildman–Crippen LogP) is 4.90. The van der Waals surface area contributed by atoms with Crippen LogP contribution in [0.5, 0.6) is 0 Å². The van der Waals surface area contributed by atoms with E-state index in [2.05, 4.69) is 15.3 Å². The third-order valence-electron chi connectivity index (χ3n) is 4.48. The molecule has 0 unspecified atom stereocenters. The van der Waals surface area contributed by atoms with Gasteiger partial charge in [-0.15, -0.1) is 0 Å². The first-order chi connectivity index (χ1) is 13.9. The maximum Gasteiger partial charge on any atom is 0.254 e. The summed E-state index contributed by atoms with van der Waals surface area (Å²) < 4.78 is 0. The third kappa shape index (κ3) is 5.95. The van der Waals surface area contributed by atoms with E-state index in [4.69, 9.17) is 11.6 Å². The minimum Gasteiger partial charge on any atom is -0.326 e. The van der Waals surface area contributed by atoms with E-state index in [9.17, 15) is 9.59 Å². The van der Waals surface area contributed by atoms with Gasteiger partial charge in [0.1, 0.15) is 0 Å². The summed E-state index contributed by atoms with van der Waals surface area (Å²) in [4.78, 5) is 32.1. The van der Waals surface area contributed by atoms with Crippen molar-refractivity contribution in [3.8, 4) is 0 Å². The molecule has 0 atom stereocenters. The SMILES string of the molecule is Cc1cc(Cl)ccc1NC(=O)CCc1c(C)nc(SCc2ccccc2)[nH]c1=O. The minimum atomic E-state index is -0.191. The molecule has 0 aliphatic carbocycles. The monoisotopic (exact) mass is 427 g/mol. The Labute approximate surface area is 178 Å². The molecule has 0 aliphatic rings. The van der Waals surface area contributed by atoms with Crippen LogP contribution in [0.15, 0.2) is 58.5 Å². The number of rotatable bonds is 7. The molecule has 2 N–H and O–H groups in total. The van der Waals surface area contributed by atoms with Gasteiger partial charge in [0, 0.05) is 34.1 Å². The van der Waals surface area contributed by atoms with Gasteiger partial charge < -0.3 is 10.3 Å². The van der Waals surface area contributed by atoms with E-state index in [1.807, 2.05) is 37.3 Å². The van der Waals surface area contributed by atoms with Crippen LogP contribution in [-0.4, -0.2) is 15.9 Å². The number of H-pyrrole nitrogens is 1. The molecule has 3 aromatic rings. The number of aryl methyl sites for hydroxylation is 2. The molecule has 0 bridgehead atoms. The Morgan fingerprint density at radius 3 is 2.62 bits per heavy atom. The summed E-state index contributed by atoms with van der Waals surface area (Å²) in [5.41, 5.74) is 3.77. The quantitative estimate of drug-likeness (QED) is 0.415. The average Bonchev–Trinajstić information content (AvgIpc) is 2.69. The van der Waals surface area contributed by atoms with E-state index in [1.165, 1.54) is 11.8 Å². The number of nitrogens with one attached hydrogen (secondary N) is 2. The van der Waals surface area contributed by atoms with Crippen molar-refractivity contribution in [3.05, 3.63) is 86.3 Å². The number of benzene rings is 2. The molecule has 1 amide bonds. The van der Waals surface area contributed by atoms with Crippen molar-refractivity contribution in [2.24, 2.45) is 0 Å². The molecule has 5 nitrogen and oxygen atoms in total. The highest BCUT2D eigenvalue weighted by Gasteiger charge is 2.12. The van der Waals surface area contributed by atoms with Crippen LogP contribution in [0, 0.1) is 13.8 Å². The normalized spacial score (nSPS) is 10.7. The Morgan fingerprint density at radius 1 is 1.17 bits per heavy atom. The molecule has 7 heteroatoms. The minimum absolute atomic E-state index is 0.156. The fraction of sp³-hybridized carbons (Fsp3) is 0.227. The zero-order valence-corrected chi connectivity index (χ0v) is 17.9. The second-order valence-corrected chi connectivity index (χ2v) is 8.12. The van der Waals surface area contributed by atoms with Crippen LogP contribution < -0.4 is 10.9 Å². The Hall–Kier alpha value is -2.57. The summed E-state index contributed by atoms with van der Waals surface area (Å²) in [6.07, 6.45) is 0.528. The predicted molar refractivity (Wildman–Crippen MR) is 119 cm³/mol. The summed E-state index contributed by atoms with van der Waals surface area (Å²) >= 11 is 7.42. The van der Waals surface area contributed by atoms with E-state index in [0.717, 1.165) is 22.6 Å². The molecule has 2 aromatic carbocycles. The lowest BCUT2D eigenvalue weighted by Crippen LogP contribution is -2.20. The lowest BCUT2D eigenvalue weighted by molar-refractivity contribution is -0.116. The van der Waals surface area contributed by atoms with Gasteiger partial charge in [-0.2, -0.15) is 0 Å². The van der Waals surface area contributed by atoms with E-state index in [0.29, 0.717) is 27.9 Å². The van der Waals surface area contributed by atoms with Crippen molar-refractivity contribution in [2.45, 2.75) is 37.6 Å². The molecule has 0 spiro atoms. The van der Waals surface area contributed by atoms with Gasteiger partial charge in [0.2, 0.25) is 5.91 Å². The topological polar surface area (TPSA) is 74.8 Å². The molecular weight excluding hydrogens is 406 g/mol. The number of hydrogen-bond donors (Lipinski definition) is 2. The number of thioether (sulfide) groups is 1. The van der Waals surface area contributed by atoms with Gasteiger partial charge in [-0.1, -0.05) is 53.7 Å². The highest BCUT2D eigenvalue weighted by molar-refractivity contribution is 7.98. The first-order valence-electron chi connectivity index (χ1n) is 9.25.